The molecular weight excluding hydrogens is 250 g/mol. The first-order valence-corrected chi connectivity index (χ1v) is 8.58. The first-order valence-electron chi connectivity index (χ1n) is 8.58. The van der Waals surface area contributed by atoms with Gasteiger partial charge in [0.05, 0.1) is 12.5 Å². The van der Waals surface area contributed by atoms with E-state index in [9.17, 15) is 4.79 Å². The quantitative estimate of drug-likeness (QED) is 0.794. The summed E-state index contributed by atoms with van der Waals surface area (Å²) in [5.74, 6) is 3.88. The van der Waals surface area contributed by atoms with Crippen molar-refractivity contribution in [3.05, 3.63) is 0 Å². The second-order valence-electron chi connectivity index (χ2n) is 7.77. The monoisotopic (exact) mass is 277 g/mol. The molecule has 5 rings (SSSR count). The highest BCUT2D eigenvalue weighted by Crippen LogP contribution is 2.55. The molecule has 1 atom stereocenters. The number of ether oxygens (including phenoxy) is 1. The molecule has 1 aliphatic heterocycles. The van der Waals surface area contributed by atoms with Gasteiger partial charge in [0.1, 0.15) is 0 Å². The summed E-state index contributed by atoms with van der Waals surface area (Å²) in [6.07, 6.45) is 10.0. The summed E-state index contributed by atoms with van der Waals surface area (Å²) in [4.78, 5) is 14.7. The summed E-state index contributed by atoms with van der Waals surface area (Å²) in [5.41, 5.74) is 0. The van der Waals surface area contributed by atoms with Gasteiger partial charge in [-0.05, 0) is 68.6 Å². The Labute approximate surface area is 122 Å². The van der Waals surface area contributed by atoms with Gasteiger partial charge in [0.2, 0.25) is 5.91 Å². The van der Waals surface area contributed by atoms with E-state index in [2.05, 4.69) is 11.9 Å². The lowest BCUT2D eigenvalue weighted by atomic mass is 9.54. The van der Waals surface area contributed by atoms with E-state index in [-0.39, 0.29) is 6.10 Å². The van der Waals surface area contributed by atoms with Crippen LogP contribution in [0.15, 0.2) is 0 Å². The van der Waals surface area contributed by atoms with Crippen LogP contribution in [-0.2, 0) is 9.53 Å². The molecule has 1 heterocycles. The van der Waals surface area contributed by atoms with Crippen LogP contribution in [0.3, 0.4) is 0 Å². The lowest BCUT2D eigenvalue weighted by molar-refractivity contribution is -0.143. The molecule has 0 N–H and O–H groups in total. The summed E-state index contributed by atoms with van der Waals surface area (Å²) >= 11 is 0. The zero-order valence-electron chi connectivity index (χ0n) is 12.6. The number of rotatable bonds is 3. The molecule has 0 aromatic rings. The van der Waals surface area contributed by atoms with Gasteiger partial charge in [0.15, 0.2) is 0 Å². The molecule has 4 bridgehead atoms. The van der Waals surface area contributed by atoms with Gasteiger partial charge < -0.3 is 9.64 Å². The van der Waals surface area contributed by atoms with Gasteiger partial charge in [0.25, 0.3) is 0 Å². The second kappa shape index (κ2) is 5.01. The molecule has 0 aromatic carbocycles. The van der Waals surface area contributed by atoms with E-state index in [1.165, 1.54) is 32.1 Å². The van der Waals surface area contributed by atoms with E-state index in [1.807, 2.05) is 0 Å². The lowest BCUT2D eigenvalue weighted by Crippen LogP contribution is -2.56. The van der Waals surface area contributed by atoms with Crippen LogP contribution in [0.4, 0.5) is 0 Å². The zero-order chi connectivity index (χ0) is 13.7. The molecule has 5 fully saturated rings. The van der Waals surface area contributed by atoms with Gasteiger partial charge in [-0.15, -0.1) is 0 Å². The Bertz CT molecular complexity index is 360. The van der Waals surface area contributed by atoms with Gasteiger partial charge >= 0.3 is 0 Å². The largest absolute Gasteiger partial charge is 0.378 e. The molecule has 5 aliphatic rings. The van der Waals surface area contributed by atoms with Gasteiger partial charge in [-0.2, -0.15) is 0 Å². The Balaban J connectivity index is 1.42. The number of carbonyl (C=O) groups is 1. The highest BCUT2D eigenvalue weighted by molar-refractivity contribution is 5.77. The predicted molar refractivity (Wildman–Crippen MR) is 77.2 cm³/mol. The van der Waals surface area contributed by atoms with Crippen molar-refractivity contribution in [3.8, 4) is 0 Å². The highest BCUT2D eigenvalue weighted by Gasteiger charge is 2.50. The Morgan fingerprint density at radius 2 is 1.75 bits per heavy atom. The van der Waals surface area contributed by atoms with E-state index < -0.39 is 0 Å². The Morgan fingerprint density at radius 1 is 1.10 bits per heavy atom. The standard InChI is InChI=1S/C17H27NO2/c1-18(16(19)10-15-3-2-4-20-15)17-13-6-11-5-12(8-13)9-14(17)7-11/h11-15,17H,2-10H2,1H3. The van der Waals surface area contributed by atoms with Crippen LogP contribution in [0.1, 0.15) is 51.4 Å². The number of hydrogen-bond acceptors (Lipinski definition) is 2. The maximum absolute atomic E-state index is 12.6. The van der Waals surface area contributed by atoms with E-state index in [4.69, 9.17) is 4.74 Å². The predicted octanol–water partition coefficient (Wildman–Crippen LogP) is 2.84. The molecule has 0 aromatic heterocycles. The van der Waals surface area contributed by atoms with Crippen molar-refractivity contribution in [1.29, 1.82) is 0 Å². The zero-order valence-corrected chi connectivity index (χ0v) is 12.6. The van der Waals surface area contributed by atoms with E-state index in [0.29, 0.717) is 18.4 Å². The topological polar surface area (TPSA) is 29.5 Å². The number of amides is 1. The van der Waals surface area contributed by atoms with Crippen LogP contribution in [0.25, 0.3) is 0 Å². The average Bonchev–Trinajstić information content (AvgIpc) is 2.90. The fraction of sp³-hybridized carbons (Fsp3) is 0.941. The van der Waals surface area contributed by atoms with Gasteiger partial charge in [0, 0.05) is 19.7 Å². The van der Waals surface area contributed by atoms with Crippen molar-refractivity contribution in [3.63, 3.8) is 0 Å². The van der Waals surface area contributed by atoms with E-state index in [0.717, 1.165) is 43.1 Å². The van der Waals surface area contributed by atoms with Crippen LogP contribution in [-0.4, -0.2) is 36.6 Å². The van der Waals surface area contributed by atoms with Crippen LogP contribution < -0.4 is 0 Å². The molecule has 3 nitrogen and oxygen atoms in total. The van der Waals surface area contributed by atoms with Gasteiger partial charge in [-0.1, -0.05) is 0 Å². The molecule has 1 amide bonds. The van der Waals surface area contributed by atoms with Gasteiger partial charge in [-0.3, -0.25) is 4.79 Å². The normalized spacial score (nSPS) is 45.9. The fourth-order valence-corrected chi connectivity index (χ4v) is 5.84. The number of nitrogens with zero attached hydrogens (tertiary/aromatic N) is 1. The Hall–Kier alpha value is -0.570. The molecule has 112 valence electrons. The number of hydrogen-bond donors (Lipinski definition) is 0. The smallest absolute Gasteiger partial charge is 0.225 e. The number of carbonyl (C=O) groups excluding carboxylic acids is 1. The minimum Gasteiger partial charge on any atom is -0.378 e. The minimum atomic E-state index is 0.196. The van der Waals surface area contributed by atoms with Crippen LogP contribution in [0.2, 0.25) is 0 Å². The van der Waals surface area contributed by atoms with Crippen LogP contribution in [0.5, 0.6) is 0 Å². The molecular formula is C17H27NO2. The first kappa shape index (κ1) is 13.1. The van der Waals surface area contributed by atoms with Crippen molar-refractivity contribution in [2.45, 2.75) is 63.5 Å². The SMILES string of the molecule is CN(C(=O)CC1CCCO1)C1C2CC3CC(C2)CC1C3. The van der Waals surface area contributed by atoms with Crippen LogP contribution in [0, 0.1) is 23.7 Å². The minimum absolute atomic E-state index is 0.196. The van der Waals surface area contributed by atoms with E-state index >= 15 is 0 Å². The molecule has 4 aliphatic carbocycles. The Kier molecular flexibility index (Phi) is 3.29. The summed E-state index contributed by atoms with van der Waals surface area (Å²) in [7, 11) is 2.06. The highest BCUT2D eigenvalue weighted by atomic mass is 16.5. The maximum Gasteiger partial charge on any atom is 0.225 e. The fourth-order valence-electron chi connectivity index (χ4n) is 5.84. The summed E-state index contributed by atoms with van der Waals surface area (Å²) in [5, 5.41) is 0. The third-order valence-corrected chi connectivity index (χ3v) is 6.44. The molecule has 4 saturated carbocycles. The summed E-state index contributed by atoms with van der Waals surface area (Å²) < 4.78 is 5.63. The van der Waals surface area contributed by atoms with Crippen molar-refractivity contribution >= 4 is 5.91 Å². The summed E-state index contributed by atoms with van der Waals surface area (Å²) in [6, 6.07) is 0.539. The molecule has 1 saturated heterocycles. The van der Waals surface area contributed by atoms with Gasteiger partial charge in [-0.25, -0.2) is 0 Å². The lowest BCUT2D eigenvalue weighted by Gasteiger charge is -2.56. The van der Waals surface area contributed by atoms with Crippen molar-refractivity contribution in [2.75, 3.05) is 13.7 Å². The van der Waals surface area contributed by atoms with Crippen molar-refractivity contribution in [1.82, 2.24) is 4.90 Å². The summed E-state index contributed by atoms with van der Waals surface area (Å²) in [6.45, 7) is 0.847. The Morgan fingerprint density at radius 3 is 2.30 bits per heavy atom. The first-order chi connectivity index (χ1) is 9.70. The van der Waals surface area contributed by atoms with Crippen molar-refractivity contribution < 1.29 is 9.53 Å². The molecule has 20 heavy (non-hydrogen) atoms. The third kappa shape index (κ3) is 2.18. The molecule has 3 heteroatoms. The molecule has 1 unspecified atom stereocenters. The van der Waals surface area contributed by atoms with Crippen LogP contribution >= 0.6 is 0 Å². The molecule has 0 spiro atoms. The third-order valence-electron chi connectivity index (χ3n) is 6.44. The van der Waals surface area contributed by atoms with Crippen molar-refractivity contribution in [2.24, 2.45) is 23.7 Å². The molecule has 0 radical (unpaired) electrons. The second-order valence-corrected chi connectivity index (χ2v) is 7.77. The maximum atomic E-state index is 12.6. The van der Waals surface area contributed by atoms with E-state index in [1.54, 1.807) is 0 Å². The average molecular weight is 277 g/mol.